The van der Waals surface area contributed by atoms with Crippen LogP contribution in [0.1, 0.15) is 54.5 Å². The summed E-state index contributed by atoms with van der Waals surface area (Å²) in [6.07, 6.45) is 2.28. The number of halogens is 3. The van der Waals surface area contributed by atoms with Crippen molar-refractivity contribution in [3.63, 3.8) is 0 Å². The summed E-state index contributed by atoms with van der Waals surface area (Å²) in [5, 5.41) is 2.86. The molecule has 5 rings (SSSR count). The van der Waals surface area contributed by atoms with Gasteiger partial charge in [-0.05, 0) is 52.0 Å². The van der Waals surface area contributed by atoms with E-state index in [-0.39, 0.29) is 35.3 Å². The lowest BCUT2D eigenvalue weighted by Gasteiger charge is -2.22. The number of nitrogens with zero attached hydrogens (tertiary/aromatic N) is 7. The third kappa shape index (κ3) is 4.94. The van der Waals surface area contributed by atoms with Gasteiger partial charge in [0.05, 0.1) is 34.9 Å². The van der Waals surface area contributed by atoms with Crippen molar-refractivity contribution in [2.75, 3.05) is 11.6 Å². The summed E-state index contributed by atoms with van der Waals surface area (Å²) in [6, 6.07) is 1.49. The molecule has 198 valence electrons. The lowest BCUT2D eigenvalue weighted by atomic mass is 10.1. The number of hydrogen-bond acceptors (Lipinski definition) is 9. The average Bonchev–Trinajstić information content (AvgIpc) is 3.72. The molecule has 1 aliphatic rings. The third-order valence-electron chi connectivity index (χ3n) is 6.50. The zero-order valence-corrected chi connectivity index (χ0v) is 22.0. The van der Waals surface area contributed by atoms with Crippen molar-refractivity contribution in [2.24, 2.45) is 0 Å². The normalized spacial score (nSPS) is 14.6. The standard InChI is InChI=1S/C25H25F3N8OS/c1-12-18(20(15-5-6-15)32-11-31-12)21-33-13(2)19-23(35-21)36(14(3)25(26,27)28)24(37)22(34-19)30-9-16-7-8-17(38-4)10-29-16/h7-8,10-11,14-15H,5-6,9H2,1-4H3,(H,30,34). The predicted octanol–water partition coefficient (Wildman–Crippen LogP) is 4.99. The summed E-state index contributed by atoms with van der Waals surface area (Å²) in [5.41, 5.74) is 1.88. The van der Waals surface area contributed by atoms with Crippen LogP contribution in [0.3, 0.4) is 0 Å². The molecule has 1 aliphatic carbocycles. The molecule has 0 spiro atoms. The first-order valence-corrected chi connectivity index (χ1v) is 13.2. The highest BCUT2D eigenvalue weighted by Gasteiger charge is 2.40. The average molecular weight is 543 g/mol. The Balaban J connectivity index is 1.66. The number of alkyl halides is 3. The van der Waals surface area contributed by atoms with Gasteiger partial charge in [-0.2, -0.15) is 13.2 Å². The largest absolute Gasteiger partial charge is 0.409 e. The van der Waals surface area contributed by atoms with E-state index in [0.717, 1.165) is 30.4 Å². The molecule has 0 aromatic carbocycles. The molecule has 1 saturated carbocycles. The van der Waals surface area contributed by atoms with Gasteiger partial charge in [-0.25, -0.2) is 24.9 Å². The van der Waals surface area contributed by atoms with Crippen LogP contribution in [0.4, 0.5) is 19.0 Å². The van der Waals surface area contributed by atoms with Gasteiger partial charge in [0.15, 0.2) is 17.3 Å². The Morgan fingerprint density at radius 1 is 1.11 bits per heavy atom. The first kappa shape index (κ1) is 26.0. The molecule has 38 heavy (non-hydrogen) atoms. The fourth-order valence-electron chi connectivity index (χ4n) is 4.20. The number of hydrogen-bond donors (Lipinski definition) is 1. The van der Waals surface area contributed by atoms with E-state index in [1.54, 1.807) is 26.1 Å². The van der Waals surface area contributed by atoms with Gasteiger partial charge in [0, 0.05) is 17.0 Å². The minimum absolute atomic E-state index is 0.0973. The summed E-state index contributed by atoms with van der Waals surface area (Å²) < 4.78 is 42.6. The van der Waals surface area contributed by atoms with Crippen LogP contribution >= 0.6 is 11.8 Å². The molecule has 0 saturated heterocycles. The van der Waals surface area contributed by atoms with Crippen molar-refractivity contribution < 1.29 is 13.2 Å². The number of rotatable bonds is 7. The van der Waals surface area contributed by atoms with Gasteiger partial charge in [0.2, 0.25) is 0 Å². The Morgan fingerprint density at radius 2 is 1.87 bits per heavy atom. The van der Waals surface area contributed by atoms with Crippen molar-refractivity contribution >= 4 is 28.7 Å². The molecule has 0 radical (unpaired) electrons. The molecule has 1 atom stereocenters. The van der Waals surface area contributed by atoms with E-state index >= 15 is 0 Å². The highest BCUT2D eigenvalue weighted by molar-refractivity contribution is 7.98. The summed E-state index contributed by atoms with van der Waals surface area (Å²) in [7, 11) is 0. The molecule has 1 unspecified atom stereocenters. The maximum atomic E-state index is 14.0. The number of thioether (sulfide) groups is 1. The molecule has 4 heterocycles. The number of pyridine rings is 1. The minimum atomic E-state index is -4.70. The van der Waals surface area contributed by atoms with Crippen LogP contribution in [-0.2, 0) is 6.54 Å². The van der Waals surface area contributed by atoms with E-state index in [1.165, 1.54) is 18.1 Å². The Labute approximate surface area is 220 Å². The van der Waals surface area contributed by atoms with Gasteiger partial charge in [0.1, 0.15) is 17.9 Å². The fraction of sp³-hybridized carbons (Fsp3) is 0.400. The van der Waals surface area contributed by atoms with Crippen LogP contribution in [0.25, 0.3) is 22.6 Å². The van der Waals surface area contributed by atoms with E-state index in [2.05, 4.69) is 35.2 Å². The van der Waals surface area contributed by atoms with E-state index in [1.807, 2.05) is 12.3 Å². The molecule has 13 heteroatoms. The summed E-state index contributed by atoms with van der Waals surface area (Å²) >= 11 is 1.53. The molecule has 9 nitrogen and oxygen atoms in total. The highest BCUT2D eigenvalue weighted by Crippen LogP contribution is 2.43. The minimum Gasteiger partial charge on any atom is -0.360 e. The third-order valence-corrected chi connectivity index (χ3v) is 7.21. The van der Waals surface area contributed by atoms with Gasteiger partial charge < -0.3 is 5.32 Å². The maximum Gasteiger partial charge on any atom is 0.409 e. The molecule has 1 N–H and O–H groups in total. The van der Waals surface area contributed by atoms with Crippen molar-refractivity contribution in [3.05, 3.63) is 57.8 Å². The quantitative estimate of drug-likeness (QED) is 0.323. The molecule has 0 bridgehead atoms. The van der Waals surface area contributed by atoms with Crippen LogP contribution in [0, 0.1) is 13.8 Å². The smallest absolute Gasteiger partial charge is 0.360 e. The van der Waals surface area contributed by atoms with Crippen LogP contribution in [0.15, 0.2) is 34.3 Å². The number of nitrogens with one attached hydrogen (secondary N) is 1. The van der Waals surface area contributed by atoms with Crippen molar-refractivity contribution in [1.29, 1.82) is 0 Å². The van der Waals surface area contributed by atoms with Crippen molar-refractivity contribution in [2.45, 2.75) is 63.2 Å². The predicted molar refractivity (Wildman–Crippen MR) is 138 cm³/mol. The second-order valence-corrected chi connectivity index (χ2v) is 10.1. The monoisotopic (exact) mass is 542 g/mol. The highest BCUT2D eigenvalue weighted by atomic mass is 32.2. The lowest BCUT2D eigenvalue weighted by Crippen LogP contribution is -2.35. The molecule has 4 aromatic rings. The molecule has 0 amide bonds. The van der Waals surface area contributed by atoms with Gasteiger partial charge in [0.25, 0.3) is 5.56 Å². The van der Waals surface area contributed by atoms with E-state index in [0.29, 0.717) is 27.2 Å². The lowest BCUT2D eigenvalue weighted by molar-refractivity contribution is -0.162. The Kier molecular flexibility index (Phi) is 6.80. The van der Waals surface area contributed by atoms with E-state index in [4.69, 9.17) is 0 Å². The molecule has 0 aliphatic heterocycles. The van der Waals surface area contributed by atoms with Crippen LogP contribution < -0.4 is 10.9 Å². The number of aromatic nitrogens is 7. The van der Waals surface area contributed by atoms with E-state index in [9.17, 15) is 18.0 Å². The molecule has 1 fully saturated rings. The van der Waals surface area contributed by atoms with Gasteiger partial charge in [-0.15, -0.1) is 11.8 Å². The second-order valence-electron chi connectivity index (χ2n) is 9.19. The Morgan fingerprint density at radius 3 is 2.50 bits per heavy atom. The van der Waals surface area contributed by atoms with Gasteiger partial charge in [-0.1, -0.05) is 0 Å². The first-order valence-electron chi connectivity index (χ1n) is 12.0. The molecular formula is C25H25F3N8OS. The van der Waals surface area contributed by atoms with Crippen LogP contribution in [-0.4, -0.2) is 46.9 Å². The number of anilines is 1. The number of aryl methyl sites for hydroxylation is 2. The molecular weight excluding hydrogens is 517 g/mol. The topological polar surface area (TPSA) is 111 Å². The Hall–Kier alpha value is -3.61. The van der Waals surface area contributed by atoms with Crippen molar-refractivity contribution in [1.82, 2.24) is 34.5 Å². The van der Waals surface area contributed by atoms with Crippen LogP contribution in [0.2, 0.25) is 0 Å². The Bertz CT molecular complexity index is 1570. The first-order chi connectivity index (χ1) is 18.1. The van der Waals surface area contributed by atoms with Crippen LogP contribution in [0.5, 0.6) is 0 Å². The second kappa shape index (κ2) is 9.93. The zero-order chi connectivity index (χ0) is 27.2. The summed E-state index contributed by atoms with van der Waals surface area (Å²) in [4.78, 5) is 40.8. The SMILES string of the molecule is CSc1ccc(CNc2nc3c(C)nc(-c4c(C)ncnc4C4CC4)nc3n(C(C)C(F)(F)F)c2=O)nc1. The fourth-order valence-corrected chi connectivity index (χ4v) is 4.56. The maximum absolute atomic E-state index is 14.0. The molecule has 4 aromatic heterocycles. The van der Waals surface area contributed by atoms with Crippen molar-refractivity contribution in [3.8, 4) is 11.4 Å². The zero-order valence-electron chi connectivity index (χ0n) is 21.2. The van der Waals surface area contributed by atoms with Gasteiger partial charge in [-0.3, -0.25) is 14.3 Å². The summed E-state index contributed by atoms with van der Waals surface area (Å²) in [5.74, 6) is 0.172. The van der Waals surface area contributed by atoms with Gasteiger partial charge >= 0.3 is 6.18 Å². The summed E-state index contributed by atoms with van der Waals surface area (Å²) in [6.45, 7) is 4.45. The number of fused-ring (bicyclic) bond motifs is 1. The van der Waals surface area contributed by atoms with E-state index < -0.39 is 17.8 Å².